The summed E-state index contributed by atoms with van der Waals surface area (Å²) in [4.78, 5) is 15.8. The molecule has 1 aliphatic rings. The second kappa shape index (κ2) is 6.96. The summed E-state index contributed by atoms with van der Waals surface area (Å²) in [5, 5.41) is 13.9. The highest BCUT2D eigenvalue weighted by atomic mass is 32.2. The molecule has 0 bridgehead atoms. The first-order valence-electron chi connectivity index (χ1n) is 8.09. The first-order chi connectivity index (χ1) is 12.3. The Bertz CT molecular complexity index is 945. The predicted molar refractivity (Wildman–Crippen MR) is 97.4 cm³/mol. The number of hydrogen-bond acceptors (Lipinski definition) is 7. The number of ether oxygens (including phenoxy) is 1. The third-order valence-electron chi connectivity index (χ3n) is 3.73. The van der Waals surface area contributed by atoms with Crippen molar-refractivity contribution in [2.24, 2.45) is 0 Å². The van der Waals surface area contributed by atoms with E-state index in [9.17, 15) is 18.3 Å². The van der Waals surface area contributed by atoms with Gasteiger partial charge in [0.2, 0.25) is 0 Å². The zero-order chi connectivity index (χ0) is 18.9. The Balaban J connectivity index is 1.87. The van der Waals surface area contributed by atoms with Gasteiger partial charge >= 0.3 is 10.2 Å². The number of phenols is 1. The first kappa shape index (κ1) is 18.2. The summed E-state index contributed by atoms with van der Waals surface area (Å²) in [5.41, 5.74) is 0.491. The maximum atomic E-state index is 12.0. The van der Waals surface area contributed by atoms with E-state index in [1.165, 1.54) is 12.1 Å². The number of amides is 1. The Morgan fingerprint density at radius 3 is 2.81 bits per heavy atom. The van der Waals surface area contributed by atoms with Gasteiger partial charge in [0, 0.05) is 11.9 Å². The number of nitrogens with one attached hydrogen (secondary N) is 2. The van der Waals surface area contributed by atoms with Crippen LogP contribution in [-0.4, -0.2) is 50.2 Å². The van der Waals surface area contributed by atoms with Crippen LogP contribution in [0.1, 0.15) is 13.8 Å². The van der Waals surface area contributed by atoms with E-state index < -0.39 is 16.1 Å². The van der Waals surface area contributed by atoms with Gasteiger partial charge in [0.15, 0.2) is 0 Å². The number of fused-ring (bicyclic) bond motifs is 1. The molecule has 26 heavy (non-hydrogen) atoms. The fourth-order valence-electron chi connectivity index (χ4n) is 2.58. The van der Waals surface area contributed by atoms with Crippen molar-refractivity contribution in [2.45, 2.75) is 20.0 Å². The third kappa shape index (κ3) is 3.81. The number of rotatable bonds is 6. The van der Waals surface area contributed by atoms with E-state index >= 15 is 0 Å². The summed E-state index contributed by atoms with van der Waals surface area (Å²) in [5.74, 6) is -0.302. The number of aromatic hydroxyl groups is 1. The molecule has 0 saturated carbocycles. The molecule has 1 saturated heterocycles. The molecule has 3 N–H and O–H groups in total. The van der Waals surface area contributed by atoms with E-state index in [0.717, 1.165) is 4.31 Å². The lowest BCUT2D eigenvalue weighted by molar-refractivity contribution is -0.117. The molecule has 1 fully saturated rings. The smallest absolute Gasteiger partial charge is 0.326 e. The molecule has 0 radical (unpaired) electrons. The van der Waals surface area contributed by atoms with Gasteiger partial charge in [-0.2, -0.15) is 8.42 Å². The number of aromatic nitrogens is 1. The van der Waals surface area contributed by atoms with Crippen LogP contribution in [-0.2, 0) is 19.7 Å². The molecule has 10 heteroatoms. The van der Waals surface area contributed by atoms with Gasteiger partial charge in [-0.15, -0.1) is 0 Å². The molecule has 0 unspecified atom stereocenters. The van der Waals surface area contributed by atoms with Crippen LogP contribution in [0.25, 0.3) is 10.9 Å². The highest BCUT2D eigenvalue weighted by Crippen LogP contribution is 2.34. The van der Waals surface area contributed by atoms with Crippen molar-refractivity contribution in [3.63, 3.8) is 0 Å². The molecule has 1 amide bonds. The highest BCUT2D eigenvalue weighted by Gasteiger charge is 2.35. The molecule has 1 aromatic heterocycles. The maximum Gasteiger partial charge on any atom is 0.326 e. The molecule has 1 aliphatic heterocycles. The molecule has 9 nitrogen and oxygen atoms in total. The van der Waals surface area contributed by atoms with Crippen LogP contribution in [0.15, 0.2) is 24.3 Å². The molecule has 1 aromatic carbocycles. The van der Waals surface area contributed by atoms with Gasteiger partial charge in [-0.05, 0) is 38.1 Å². The minimum Gasteiger partial charge on any atom is -0.506 e. The number of benzene rings is 1. The van der Waals surface area contributed by atoms with Crippen LogP contribution >= 0.6 is 0 Å². The second-order valence-electron chi connectivity index (χ2n) is 6.11. The number of anilines is 2. The molecule has 0 spiro atoms. The zero-order valence-corrected chi connectivity index (χ0v) is 15.2. The quantitative estimate of drug-likeness (QED) is 0.638. The van der Waals surface area contributed by atoms with Crippen LogP contribution in [0.4, 0.5) is 11.5 Å². The molecule has 3 rings (SSSR count). The lowest BCUT2D eigenvalue weighted by Crippen LogP contribution is -2.29. The summed E-state index contributed by atoms with van der Waals surface area (Å²) in [6, 6.07) is 6.38. The molecule has 2 heterocycles. The second-order valence-corrected chi connectivity index (χ2v) is 7.71. The summed E-state index contributed by atoms with van der Waals surface area (Å²) in [6.07, 6.45) is 0.144. The van der Waals surface area contributed by atoms with Gasteiger partial charge in [0.25, 0.3) is 5.91 Å². The molecular formula is C16H20N4O5S. The number of carbonyl (C=O) groups is 1. The van der Waals surface area contributed by atoms with E-state index in [2.05, 4.69) is 10.3 Å². The number of nitrogens with zero attached hydrogens (tertiary/aromatic N) is 2. The Morgan fingerprint density at radius 2 is 2.15 bits per heavy atom. The number of phenolic OH excluding ortho intramolecular Hbond substituents is 1. The van der Waals surface area contributed by atoms with Crippen LogP contribution in [0.5, 0.6) is 5.75 Å². The summed E-state index contributed by atoms with van der Waals surface area (Å²) >= 11 is 0. The number of carbonyl (C=O) groups excluding carboxylic acids is 1. The largest absolute Gasteiger partial charge is 0.506 e. The van der Waals surface area contributed by atoms with Crippen molar-refractivity contribution in [3.8, 4) is 5.75 Å². The van der Waals surface area contributed by atoms with Crippen molar-refractivity contribution in [1.82, 2.24) is 9.71 Å². The van der Waals surface area contributed by atoms with Gasteiger partial charge in [-0.25, -0.2) is 14.0 Å². The van der Waals surface area contributed by atoms with E-state index in [1.807, 2.05) is 18.6 Å². The lowest BCUT2D eigenvalue weighted by atomic mass is 10.2. The zero-order valence-electron chi connectivity index (χ0n) is 14.4. The average molecular weight is 380 g/mol. The lowest BCUT2D eigenvalue weighted by Gasteiger charge is -2.17. The van der Waals surface area contributed by atoms with E-state index in [1.54, 1.807) is 12.1 Å². The standard InChI is InChI=1S/C16H20N4O5S/c1-10(2)25-6-5-17-15-4-3-11-7-14(21)13(8-12(11)18-15)20-9-16(22)19-26(20,23)24/h3-4,7-8,10,21H,5-6,9H2,1-2H3,(H,17,18)(H,19,22). The van der Waals surface area contributed by atoms with Crippen LogP contribution in [0, 0.1) is 0 Å². The number of pyridine rings is 1. The van der Waals surface area contributed by atoms with Crippen molar-refractivity contribution in [3.05, 3.63) is 24.3 Å². The highest BCUT2D eigenvalue weighted by molar-refractivity contribution is 7.92. The van der Waals surface area contributed by atoms with Gasteiger partial charge in [-0.1, -0.05) is 0 Å². The Labute approximate surface area is 151 Å². The van der Waals surface area contributed by atoms with Gasteiger partial charge in [-0.3, -0.25) is 4.79 Å². The maximum absolute atomic E-state index is 12.0. The van der Waals surface area contributed by atoms with Crippen LogP contribution in [0.2, 0.25) is 0 Å². The molecule has 2 aromatic rings. The van der Waals surface area contributed by atoms with Crippen molar-refractivity contribution in [2.75, 3.05) is 29.3 Å². The summed E-state index contributed by atoms with van der Waals surface area (Å²) in [7, 11) is -4.00. The van der Waals surface area contributed by atoms with Crippen molar-refractivity contribution < 1.29 is 23.1 Å². The third-order valence-corrected chi connectivity index (χ3v) is 5.13. The Hall–Kier alpha value is -2.59. The van der Waals surface area contributed by atoms with Gasteiger partial charge in [0.1, 0.15) is 18.1 Å². The van der Waals surface area contributed by atoms with E-state index in [4.69, 9.17) is 4.74 Å². The number of hydrogen-bond donors (Lipinski definition) is 3. The van der Waals surface area contributed by atoms with Crippen molar-refractivity contribution in [1.29, 1.82) is 0 Å². The fraction of sp³-hybridized carbons (Fsp3) is 0.375. The fourth-order valence-corrected chi connectivity index (χ4v) is 3.74. The van der Waals surface area contributed by atoms with E-state index in [0.29, 0.717) is 29.9 Å². The Kier molecular flexibility index (Phi) is 4.88. The normalized spacial score (nSPS) is 16.3. The monoisotopic (exact) mass is 380 g/mol. The van der Waals surface area contributed by atoms with Crippen LogP contribution in [0.3, 0.4) is 0 Å². The Morgan fingerprint density at radius 1 is 1.38 bits per heavy atom. The summed E-state index contributed by atoms with van der Waals surface area (Å²) < 4.78 is 32.1. The minimum absolute atomic E-state index is 0.00337. The summed E-state index contributed by atoms with van der Waals surface area (Å²) in [6.45, 7) is 4.62. The topological polar surface area (TPSA) is 121 Å². The van der Waals surface area contributed by atoms with Crippen LogP contribution < -0.4 is 14.3 Å². The molecule has 0 atom stereocenters. The SMILES string of the molecule is CC(C)OCCNc1ccc2cc(O)c(N3CC(=O)NS3(=O)=O)cc2n1. The molecular weight excluding hydrogens is 360 g/mol. The average Bonchev–Trinajstić information content (AvgIpc) is 2.83. The molecule has 140 valence electrons. The minimum atomic E-state index is -4.00. The predicted octanol–water partition coefficient (Wildman–Crippen LogP) is 0.958. The van der Waals surface area contributed by atoms with Gasteiger partial charge in [0.05, 0.1) is 23.9 Å². The van der Waals surface area contributed by atoms with Crippen molar-refractivity contribution >= 4 is 38.5 Å². The van der Waals surface area contributed by atoms with E-state index in [-0.39, 0.29) is 24.1 Å². The van der Waals surface area contributed by atoms with Gasteiger partial charge < -0.3 is 15.2 Å². The molecule has 0 aliphatic carbocycles. The first-order valence-corrected chi connectivity index (χ1v) is 9.53.